The van der Waals surface area contributed by atoms with Gasteiger partial charge in [0.05, 0.1) is 11.7 Å². The highest BCUT2D eigenvalue weighted by Crippen LogP contribution is 2.40. The minimum absolute atomic E-state index is 0.319. The van der Waals surface area contributed by atoms with Crippen LogP contribution in [0.3, 0.4) is 0 Å². The Hall–Kier alpha value is -2.71. The van der Waals surface area contributed by atoms with Crippen molar-refractivity contribution >= 4 is 0 Å². The fraction of sp³-hybridized carbons (Fsp3) is 0.240. The monoisotopic (exact) mass is 354 g/mol. The maximum Gasteiger partial charge on any atom is 0.0731 e. The fourth-order valence-corrected chi connectivity index (χ4v) is 4.26. The first-order chi connectivity index (χ1) is 13.1. The zero-order valence-electron chi connectivity index (χ0n) is 16.3. The van der Waals surface area contributed by atoms with Gasteiger partial charge in [-0.3, -0.25) is 9.88 Å². The van der Waals surface area contributed by atoms with E-state index in [1.807, 2.05) is 6.07 Å². The van der Waals surface area contributed by atoms with Crippen molar-refractivity contribution in [3.63, 3.8) is 0 Å². The van der Waals surface area contributed by atoms with Crippen LogP contribution in [0.4, 0.5) is 0 Å². The van der Waals surface area contributed by atoms with E-state index in [4.69, 9.17) is 4.98 Å². The molecule has 0 saturated heterocycles. The summed E-state index contributed by atoms with van der Waals surface area (Å²) in [6.45, 7) is 4.41. The van der Waals surface area contributed by atoms with Crippen LogP contribution in [-0.2, 0) is 0 Å². The average Bonchev–Trinajstić information content (AvgIpc) is 2.69. The minimum Gasteiger partial charge on any atom is -0.288 e. The molecular weight excluding hydrogens is 328 g/mol. The number of aryl methyl sites for hydroxylation is 1. The van der Waals surface area contributed by atoms with Crippen LogP contribution in [0, 0.1) is 6.92 Å². The highest BCUT2D eigenvalue weighted by Gasteiger charge is 2.30. The Kier molecular flexibility index (Phi) is 4.91. The first-order valence-corrected chi connectivity index (χ1v) is 9.60. The van der Waals surface area contributed by atoms with E-state index in [0.717, 1.165) is 12.1 Å². The summed E-state index contributed by atoms with van der Waals surface area (Å²) >= 11 is 0. The molecule has 1 aliphatic rings. The van der Waals surface area contributed by atoms with Crippen molar-refractivity contribution in [1.29, 1.82) is 0 Å². The van der Waals surface area contributed by atoms with Crippen molar-refractivity contribution in [2.45, 2.75) is 32.4 Å². The molecule has 0 N–H and O–H groups in total. The molecule has 1 aliphatic heterocycles. The van der Waals surface area contributed by atoms with Crippen molar-refractivity contribution in [2.75, 3.05) is 7.05 Å². The molecule has 2 aromatic carbocycles. The molecule has 2 heterocycles. The molecular formula is C25H26N2. The van der Waals surface area contributed by atoms with E-state index in [0.29, 0.717) is 12.1 Å². The molecule has 136 valence electrons. The predicted octanol–water partition coefficient (Wildman–Crippen LogP) is 6.12. The number of hydrogen-bond acceptors (Lipinski definition) is 2. The third-order valence-corrected chi connectivity index (χ3v) is 5.64. The Labute approximate surface area is 162 Å². The van der Waals surface area contributed by atoms with E-state index in [-0.39, 0.29) is 0 Å². The lowest BCUT2D eigenvalue weighted by atomic mass is 9.88. The van der Waals surface area contributed by atoms with Crippen molar-refractivity contribution < 1.29 is 0 Å². The molecule has 0 fully saturated rings. The van der Waals surface area contributed by atoms with Gasteiger partial charge in [-0.15, -0.1) is 0 Å². The second-order valence-corrected chi connectivity index (χ2v) is 7.48. The molecule has 2 atom stereocenters. The third-order valence-electron chi connectivity index (χ3n) is 5.64. The maximum atomic E-state index is 4.83. The maximum absolute atomic E-state index is 4.83. The molecule has 2 nitrogen and oxygen atoms in total. The van der Waals surface area contributed by atoms with Crippen LogP contribution in [0.15, 0.2) is 84.6 Å². The van der Waals surface area contributed by atoms with Gasteiger partial charge in [-0.1, -0.05) is 78.4 Å². The number of pyridine rings is 1. The Morgan fingerprint density at radius 3 is 2.22 bits per heavy atom. The van der Waals surface area contributed by atoms with Crippen LogP contribution in [0.5, 0.6) is 0 Å². The summed E-state index contributed by atoms with van der Waals surface area (Å²) in [4.78, 5) is 7.32. The molecule has 3 aromatic rings. The highest BCUT2D eigenvalue weighted by atomic mass is 15.2. The molecule has 0 aliphatic carbocycles. The normalized spacial score (nSPS) is 20.3. The summed E-state index contributed by atoms with van der Waals surface area (Å²) in [5.41, 5.74) is 7.55. The van der Waals surface area contributed by atoms with Crippen LogP contribution in [-0.4, -0.2) is 16.9 Å². The summed E-state index contributed by atoms with van der Waals surface area (Å²) in [6, 6.07) is 24.2. The van der Waals surface area contributed by atoms with E-state index in [1.165, 1.54) is 27.8 Å². The highest BCUT2D eigenvalue weighted by molar-refractivity contribution is 5.63. The standard InChI is InChI=1S/C25H26N2/c1-18-14-15-23(27(3)25(18)21-12-8-5-9-13-21)22-16-19(2)24(26-17-22)20-10-6-4-7-11-20/h4-14,16-17,23,25H,15H2,1-3H3/t23-,25-/m1/s1. The number of hydrogen-bond donors (Lipinski definition) is 0. The minimum atomic E-state index is 0.319. The largest absolute Gasteiger partial charge is 0.288 e. The summed E-state index contributed by atoms with van der Waals surface area (Å²) in [7, 11) is 2.24. The predicted molar refractivity (Wildman–Crippen MR) is 112 cm³/mol. The van der Waals surface area contributed by atoms with Gasteiger partial charge in [-0.2, -0.15) is 0 Å². The zero-order valence-corrected chi connectivity index (χ0v) is 16.3. The Balaban J connectivity index is 1.67. The molecule has 0 bridgehead atoms. The van der Waals surface area contributed by atoms with Gasteiger partial charge in [0.25, 0.3) is 0 Å². The lowest BCUT2D eigenvalue weighted by Gasteiger charge is -2.39. The van der Waals surface area contributed by atoms with E-state index in [1.54, 1.807) is 0 Å². The molecule has 0 amide bonds. The van der Waals surface area contributed by atoms with Crippen LogP contribution < -0.4 is 0 Å². The van der Waals surface area contributed by atoms with Gasteiger partial charge in [0, 0.05) is 17.8 Å². The van der Waals surface area contributed by atoms with Gasteiger partial charge >= 0.3 is 0 Å². The van der Waals surface area contributed by atoms with Gasteiger partial charge in [0.1, 0.15) is 0 Å². The lowest BCUT2D eigenvalue weighted by Crippen LogP contribution is -2.33. The molecule has 0 radical (unpaired) electrons. The lowest BCUT2D eigenvalue weighted by molar-refractivity contribution is 0.183. The first kappa shape index (κ1) is 17.7. The smallest absolute Gasteiger partial charge is 0.0731 e. The molecule has 27 heavy (non-hydrogen) atoms. The summed E-state index contributed by atoms with van der Waals surface area (Å²) in [5.74, 6) is 0. The van der Waals surface area contributed by atoms with E-state index in [9.17, 15) is 0 Å². The Morgan fingerprint density at radius 2 is 1.56 bits per heavy atom. The van der Waals surface area contributed by atoms with E-state index < -0.39 is 0 Å². The van der Waals surface area contributed by atoms with Crippen LogP contribution in [0.1, 0.15) is 42.1 Å². The summed E-state index contributed by atoms with van der Waals surface area (Å²) in [6.07, 6.45) is 5.48. The van der Waals surface area contributed by atoms with Crippen molar-refractivity contribution in [1.82, 2.24) is 9.88 Å². The van der Waals surface area contributed by atoms with Gasteiger partial charge in [-0.05, 0) is 44.0 Å². The second kappa shape index (κ2) is 7.50. The van der Waals surface area contributed by atoms with Crippen LogP contribution in [0.25, 0.3) is 11.3 Å². The average molecular weight is 354 g/mol. The molecule has 0 saturated carbocycles. The zero-order chi connectivity index (χ0) is 18.8. The van der Waals surface area contributed by atoms with Gasteiger partial charge < -0.3 is 0 Å². The van der Waals surface area contributed by atoms with Gasteiger partial charge in [-0.25, -0.2) is 0 Å². The SMILES string of the molecule is CC1=CC[C@H](c2cnc(-c3ccccc3)c(C)c2)N(C)[C@H]1c1ccccc1. The second-order valence-electron chi connectivity index (χ2n) is 7.48. The third kappa shape index (κ3) is 3.45. The molecule has 1 aromatic heterocycles. The topological polar surface area (TPSA) is 16.1 Å². The number of benzene rings is 2. The van der Waals surface area contributed by atoms with Crippen molar-refractivity contribution in [3.8, 4) is 11.3 Å². The first-order valence-electron chi connectivity index (χ1n) is 9.60. The molecule has 4 rings (SSSR count). The van der Waals surface area contributed by atoms with Crippen LogP contribution in [0.2, 0.25) is 0 Å². The van der Waals surface area contributed by atoms with Crippen molar-refractivity contribution in [2.24, 2.45) is 0 Å². The molecule has 0 spiro atoms. The quantitative estimate of drug-likeness (QED) is 0.527. The number of nitrogens with zero attached hydrogens (tertiary/aromatic N) is 2. The van der Waals surface area contributed by atoms with E-state index in [2.05, 4.69) is 98.7 Å². The van der Waals surface area contributed by atoms with Crippen molar-refractivity contribution in [3.05, 3.63) is 101 Å². The van der Waals surface area contributed by atoms with Gasteiger partial charge in [0.15, 0.2) is 0 Å². The Bertz CT molecular complexity index is 945. The summed E-state index contributed by atoms with van der Waals surface area (Å²) in [5, 5.41) is 0. The Morgan fingerprint density at radius 1 is 0.889 bits per heavy atom. The van der Waals surface area contributed by atoms with Gasteiger partial charge in [0.2, 0.25) is 0 Å². The number of aromatic nitrogens is 1. The fourth-order valence-electron chi connectivity index (χ4n) is 4.26. The number of rotatable bonds is 3. The number of likely N-dealkylation sites (N-methyl/N-ethyl adjacent to an activating group) is 1. The summed E-state index contributed by atoms with van der Waals surface area (Å²) < 4.78 is 0. The molecule has 0 unspecified atom stereocenters. The van der Waals surface area contributed by atoms with E-state index >= 15 is 0 Å². The molecule has 2 heteroatoms. The van der Waals surface area contributed by atoms with Crippen LogP contribution >= 0.6 is 0 Å².